The highest BCUT2D eigenvalue weighted by molar-refractivity contribution is 6.45. The molecule has 3 aromatic rings. The van der Waals surface area contributed by atoms with Gasteiger partial charge < -0.3 is 15.3 Å². The van der Waals surface area contributed by atoms with Crippen LogP contribution in [-0.4, -0.2) is 23.9 Å². The van der Waals surface area contributed by atoms with Crippen LogP contribution in [0, 0.1) is 0 Å². The summed E-state index contributed by atoms with van der Waals surface area (Å²) in [5.41, 5.74) is 3.49. The number of nitrogens with one attached hydrogen (secondary N) is 1. The highest BCUT2D eigenvalue weighted by atomic mass is 16.5. The zero-order valence-corrected chi connectivity index (χ0v) is 14.9. The molecule has 3 rings (SSSR count). The molecule has 0 unspecified atom stereocenters. The maximum Gasteiger partial charge on any atom is 0.273 e. The summed E-state index contributed by atoms with van der Waals surface area (Å²) < 4.78 is 5.86. The van der Waals surface area contributed by atoms with Crippen molar-refractivity contribution in [3.05, 3.63) is 90.0 Å². The van der Waals surface area contributed by atoms with Crippen LogP contribution in [0.2, 0.25) is 0 Å². The van der Waals surface area contributed by atoms with E-state index in [1.807, 2.05) is 54.6 Å². The molecule has 0 aliphatic carbocycles. The number of carbonyl (C=O) groups is 1. The van der Waals surface area contributed by atoms with Crippen LogP contribution in [0.25, 0.3) is 11.1 Å². The van der Waals surface area contributed by atoms with Gasteiger partial charge in [0, 0.05) is 12.6 Å². The average Bonchev–Trinajstić information content (AvgIpc) is 2.74. The second-order valence-electron chi connectivity index (χ2n) is 5.86. The van der Waals surface area contributed by atoms with E-state index >= 15 is 0 Å². The topological polar surface area (TPSA) is 70.9 Å². The quantitative estimate of drug-likeness (QED) is 0.398. The monoisotopic (exact) mass is 360 g/mol. The maximum absolute atomic E-state index is 11.9. The average molecular weight is 360 g/mol. The van der Waals surface area contributed by atoms with Gasteiger partial charge in [0.15, 0.2) is 5.71 Å². The van der Waals surface area contributed by atoms with Crippen molar-refractivity contribution in [3.63, 3.8) is 0 Å². The SMILES string of the molecule is CNC(=O)/C(=N/O)c1ccccc1COc1ccc(-c2ccccc2)cc1. The zero-order valence-electron chi connectivity index (χ0n) is 14.9. The Bertz CT molecular complexity index is 935. The Morgan fingerprint density at radius 2 is 1.56 bits per heavy atom. The van der Waals surface area contributed by atoms with E-state index in [-0.39, 0.29) is 12.3 Å². The second-order valence-corrected chi connectivity index (χ2v) is 5.86. The van der Waals surface area contributed by atoms with E-state index < -0.39 is 5.91 Å². The van der Waals surface area contributed by atoms with Crippen LogP contribution in [0.5, 0.6) is 5.75 Å². The molecule has 0 radical (unpaired) electrons. The van der Waals surface area contributed by atoms with E-state index in [4.69, 9.17) is 4.74 Å². The fourth-order valence-corrected chi connectivity index (χ4v) is 2.75. The van der Waals surface area contributed by atoms with E-state index in [0.29, 0.717) is 11.3 Å². The van der Waals surface area contributed by atoms with E-state index in [1.54, 1.807) is 12.1 Å². The van der Waals surface area contributed by atoms with E-state index in [2.05, 4.69) is 22.6 Å². The third-order valence-electron chi connectivity index (χ3n) is 4.17. The molecule has 27 heavy (non-hydrogen) atoms. The van der Waals surface area contributed by atoms with Crippen molar-refractivity contribution in [1.29, 1.82) is 0 Å². The lowest BCUT2D eigenvalue weighted by Gasteiger charge is -2.12. The Balaban J connectivity index is 1.75. The minimum absolute atomic E-state index is 0.0453. The molecule has 0 aliphatic rings. The minimum Gasteiger partial charge on any atom is -0.489 e. The van der Waals surface area contributed by atoms with Crippen LogP contribution >= 0.6 is 0 Å². The van der Waals surface area contributed by atoms with Crippen LogP contribution in [0.15, 0.2) is 84.0 Å². The first-order valence-electron chi connectivity index (χ1n) is 8.53. The van der Waals surface area contributed by atoms with Gasteiger partial charge in [-0.1, -0.05) is 71.9 Å². The summed E-state index contributed by atoms with van der Waals surface area (Å²) in [6.07, 6.45) is 0. The molecule has 0 aliphatic heterocycles. The van der Waals surface area contributed by atoms with Crippen molar-refractivity contribution in [2.24, 2.45) is 5.16 Å². The van der Waals surface area contributed by atoms with E-state index in [1.165, 1.54) is 7.05 Å². The van der Waals surface area contributed by atoms with Crippen molar-refractivity contribution in [1.82, 2.24) is 5.32 Å². The Kier molecular flexibility index (Phi) is 5.84. The molecule has 136 valence electrons. The minimum atomic E-state index is -0.461. The zero-order chi connectivity index (χ0) is 19.1. The van der Waals surface area contributed by atoms with Gasteiger partial charge in [-0.05, 0) is 28.8 Å². The molecule has 5 nitrogen and oxygen atoms in total. The van der Waals surface area contributed by atoms with Crippen molar-refractivity contribution < 1.29 is 14.7 Å². The molecule has 0 aromatic heterocycles. The maximum atomic E-state index is 11.9. The lowest BCUT2D eigenvalue weighted by Crippen LogP contribution is -2.29. The predicted octanol–water partition coefficient (Wildman–Crippen LogP) is 3.86. The van der Waals surface area contributed by atoms with Crippen LogP contribution in [0.1, 0.15) is 11.1 Å². The summed E-state index contributed by atoms with van der Waals surface area (Å²) >= 11 is 0. The van der Waals surface area contributed by atoms with Crippen molar-refractivity contribution >= 4 is 11.6 Å². The van der Waals surface area contributed by atoms with Gasteiger partial charge in [0.05, 0.1) is 0 Å². The molecule has 3 aromatic carbocycles. The first-order chi connectivity index (χ1) is 13.2. The van der Waals surface area contributed by atoms with Crippen LogP contribution in [0.3, 0.4) is 0 Å². The third kappa shape index (κ3) is 4.33. The van der Waals surface area contributed by atoms with Gasteiger partial charge in [-0.15, -0.1) is 0 Å². The molecule has 0 saturated carbocycles. The first kappa shape index (κ1) is 18.2. The normalized spacial score (nSPS) is 11.1. The summed E-state index contributed by atoms with van der Waals surface area (Å²) in [5.74, 6) is 0.254. The molecule has 0 saturated heterocycles. The molecular formula is C22H20N2O3. The lowest BCUT2D eigenvalue weighted by atomic mass is 10.0. The summed E-state index contributed by atoms with van der Waals surface area (Å²) in [6, 6.07) is 25.1. The highest BCUT2D eigenvalue weighted by Gasteiger charge is 2.17. The number of oxime groups is 1. The molecular weight excluding hydrogens is 340 g/mol. The van der Waals surface area contributed by atoms with Gasteiger partial charge in [-0.25, -0.2) is 0 Å². The summed E-state index contributed by atoms with van der Waals surface area (Å²) in [4.78, 5) is 11.9. The molecule has 0 bridgehead atoms. The molecule has 0 atom stereocenters. The smallest absolute Gasteiger partial charge is 0.273 e. The largest absolute Gasteiger partial charge is 0.489 e. The lowest BCUT2D eigenvalue weighted by molar-refractivity contribution is -0.114. The third-order valence-corrected chi connectivity index (χ3v) is 4.17. The van der Waals surface area contributed by atoms with Gasteiger partial charge in [0.25, 0.3) is 5.91 Å². The van der Waals surface area contributed by atoms with Crippen molar-refractivity contribution in [3.8, 4) is 16.9 Å². The Morgan fingerprint density at radius 1 is 0.926 bits per heavy atom. The predicted molar refractivity (Wildman–Crippen MR) is 105 cm³/mol. The number of nitrogens with zero attached hydrogens (tertiary/aromatic N) is 1. The van der Waals surface area contributed by atoms with Gasteiger partial charge in [-0.2, -0.15) is 0 Å². The number of benzene rings is 3. The fourth-order valence-electron chi connectivity index (χ4n) is 2.75. The summed E-state index contributed by atoms with van der Waals surface area (Å²) in [6.45, 7) is 0.247. The van der Waals surface area contributed by atoms with Crippen LogP contribution in [0.4, 0.5) is 0 Å². The number of rotatable bonds is 6. The van der Waals surface area contributed by atoms with Gasteiger partial charge in [0.1, 0.15) is 12.4 Å². The Morgan fingerprint density at radius 3 is 2.22 bits per heavy atom. The highest BCUT2D eigenvalue weighted by Crippen LogP contribution is 2.23. The number of carbonyl (C=O) groups excluding carboxylic acids is 1. The molecule has 2 N–H and O–H groups in total. The summed E-state index contributed by atoms with van der Waals surface area (Å²) in [7, 11) is 1.49. The molecule has 1 amide bonds. The van der Waals surface area contributed by atoms with Crippen LogP contribution in [-0.2, 0) is 11.4 Å². The van der Waals surface area contributed by atoms with Gasteiger partial charge in [0.2, 0.25) is 0 Å². The Labute approximate surface area is 157 Å². The summed E-state index contributed by atoms with van der Waals surface area (Å²) in [5, 5.41) is 14.8. The number of amides is 1. The number of hydrogen-bond acceptors (Lipinski definition) is 4. The second kappa shape index (κ2) is 8.67. The van der Waals surface area contributed by atoms with Crippen LogP contribution < -0.4 is 10.1 Å². The molecule has 0 heterocycles. The fraction of sp³-hybridized carbons (Fsp3) is 0.0909. The van der Waals surface area contributed by atoms with E-state index in [9.17, 15) is 10.0 Å². The molecule has 0 fully saturated rings. The molecule has 0 spiro atoms. The molecule has 5 heteroatoms. The van der Waals surface area contributed by atoms with Gasteiger partial charge >= 0.3 is 0 Å². The number of hydrogen-bond donors (Lipinski definition) is 2. The van der Waals surface area contributed by atoms with Crippen molar-refractivity contribution in [2.45, 2.75) is 6.61 Å². The first-order valence-corrected chi connectivity index (χ1v) is 8.53. The van der Waals surface area contributed by atoms with Crippen molar-refractivity contribution in [2.75, 3.05) is 7.05 Å². The Hall–Kier alpha value is -3.60. The standard InChI is InChI=1S/C22H20N2O3/c1-23-22(25)21(24-26)20-10-6-5-9-18(20)15-27-19-13-11-17(12-14-19)16-7-3-2-4-8-16/h2-14,26H,15H2,1H3,(H,23,25)/b24-21+. The van der Waals surface area contributed by atoms with Gasteiger partial charge in [-0.3, -0.25) is 4.79 Å². The van der Waals surface area contributed by atoms with E-state index in [0.717, 1.165) is 16.7 Å². The number of likely N-dealkylation sites (N-methyl/N-ethyl adjacent to an activating group) is 1. The number of ether oxygens (including phenoxy) is 1.